The molecule has 1 aliphatic heterocycles. The zero-order valence-corrected chi connectivity index (χ0v) is 14.7. The second kappa shape index (κ2) is 8.30. The largest absolute Gasteiger partial charge is 0.370 e. The summed E-state index contributed by atoms with van der Waals surface area (Å²) in [4.78, 5) is 18.8. The van der Waals surface area contributed by atoms with Gasteiger partial charge in [-0.25, -0.2) is 4.98 Å². The number of hydrogen-bond acceptors (Lipinski definition) is 5. The SMILES string of the molecule is N#CC1(NC(=O)CN2CC[C@@H](CNc3ccccn3)C2)CCCCC1. The number of anilines is 1. The topological polar surface area (TPSA) is 81.0 Å². The van der Waals surface area contributed by atoms with Gasteiger partial charge < -0.3 is 10.6 Å². The lowest BCUT2D eigenvalue weighted by atomic mass is 9.83. The molecule has 2 fully saturated rings. The molecule has 0 spiro atoms. The van der Waals surface area contributed by atoms with E-state index in [4.69, 9.17) is 0 Å². The molecule has 1 saturated carbocycles. The van der Waals surface area contributed by atoms with Crippen LogP contribution in [0.15, 0.2) is 24.4 Å². The van der Waals surface area contributed by atoms with Gasteiger partial charge in [-0.05, 0) is 43.9 Å². The van der Waals surface area contributed by atoms with Crippen LogP contribution in [-0.2, 0) is 4.79 Å². The minimum absolute atomic E-state index is 0.0122. The highest BCUT2D eigenvalue weighted by atomic mass is 16.2. The minimum atomic E-state index is -0.630. The van der Waals surface area contributed by atoms with Gasteiger partial charge in [0.1, 0.15) is 11.4 Å². The Morgan fingerprint density at radius 2 is 2.20 bits per heavy atom. The summed E-state index contributed by atoms with van der Waals surface area (Å²) in [6.45, 7) is 3.11. The number of carbonyl (C=O) groups excluding carboxylic acids is 1. The van der Waals surface area contributed by atoms with Crippen molar-refractivity contribution in [1.29, 1.82) is 5.26 Å². The highest BCUT2D eigenvalue weighted by Gasteiger charge is 2.34. The third-order valence-corrected chi connectivity index (χ3v) is 5.27. The van der Waals surface area contributed by atoms with Gasteiger partial charge in [0.15, 0.2) is 0 Å². The van der Waals surface area contributed by atoms with E-state index in [1.54, 1.807) is 6.20 Å². The van der Waals surface area contributed by atoms with Gasteiger partial charge in [-0.1, -0.05) is 25.3 Å². The van der Waals surface area contributed by atoms with Crippen molar-refractivity contribution >= 4 is 11.7 Å². The summed E-state index contributed by atoms with van der Waals surface area (Å²) < 4.78 is 0. The molecule has 1 aliphatic carbocycles. The molecule has 2 N–H and O–H groups in total. The van der Waals surface area contributed by atoms with Crippen LogP contribution in [0.1, 0.15) is 38.5 Å². The molecule has 6 nitrogen and oxygen atoms in total. The zero-order chi connectivity index (χ0) is 17.5. The highest BCUT2D eigenvalue weighted by Crippen LogP contribution is 2.27. The Morgan fingerprint density at radius 3 is 2.92 bits per heavy atom. The summed E-state index contributed by atoms with van der Waals surface area (Å²) in [7, 11) is 0. The number of carbonyl (C=O) groups is 1. The lowest BCUT2D eigenvalue weighted by Gasteiger charge is -2.32. The second-order valence-electron chi connectivity index (χ2n) is 7.29. The minimum Gasteiger partial charge on any atom is -0.370 e. The molecule has 1 aromatic rings. The van der Waals surface area contributed by atoms with E-state index < -0.39 is 5.54 Å². The monoisotopic (exact) mass is 341 g/mol. The molecule has 25 heavy (non-hydrogen) atoms. The molecule has 6 heteroatoms. The van der Waals surface area contributed by atoms with Crippen molar-refractivity contribution in [1.82, 2.24) is 15.2 Å². The first-order chi connectivity index (χ1) is 12.2. The number of nitriles is 1. The maximum Gasteiger partial charge on any atom is 0.235 e. The number of pyridine rings is 1. The van der Waals surface area contributed by atoms with Crippen molar-refractivity contribution in [2.45, 2.75) is 44.1 Å². The summed E-state index contributed by atoms with van der Waals surface area (Å²) in [5.74, 6) is 1.41. The number of likely N-dealkylation sites (tertiary alicyclic amines) is 1. The molecule has 0 bridgehead atoms. The summed E-state index contributed by atoms with van der Waals surface area (Å²) in [5.41, 5.74) is -0.630. The summed E-state index contributed by atoms with van der Waals surface area (Å²) in [5, 5.41) is 15.9. The lowest BCUT2D eigenvalue weighted by Crippen LogP contribution is -2.51. The van der Waals surface area contributed by atoms with Crippen LogP contribution in [0.2, 0.25) is 0 Å². The molecular weight excluding hydrogens is 314 g/mol. The molecular formula is C19H27N5O. The molecule has 2 aliphatic rings. The Balaban J connectivity index is 1.41. The van der Waals surface area contributed by atoms with Gasteiger partial charge in [0, 0.05) is 19.3 Å². The summed E-state index contributed by atoms with van der Waals surface area (Å²) in [6.07, 6.45) is 7.64. The van der Waals surface area contributed by atoms with Crippen molar-refractivity contribution in [3.8, 4) is 6.07 Å². The number of hydrogen-bond donors (Lipinski definition) is 2. The van der Waals surface area contributed by atoms with Crippen molar-refractivity contribution in [3.05, 3.63) is 24.4 Å². The number of amides is 1. The van der Waals surface area contributed by atoms with Crippen LogP contribution >= 0.6 is 0 Å². The standard InChI is InChI=1S/C19H27N5O/c20-15-19(8-3-1-4-9-19)23-18(25)14-24-11-7-16(13-24)12-22-17-6-2-5-10-21-17/h2,5-6,10,16H,1,3-4,7-9,11-14H2,(H,21,22)(H,23,25)/t16-/m0/s1. The van der Waals surface area contributed by atoms with Gasteiger partial charge in [-0.15, -0.1) is 0 Å². The van der Waals surface area contributed by atoms with Crippen molar-refractivity contribution in [3.63, 3.8) is 0 Å². The first-order valence-electron chi connectivity index (χ1n) is 9.29. The predicted octanol–water partition coefficient (Wildman–Crippen LogP) is 2.16. The average Bonchev–Trinajstić information content (AvgIpc) is 3.09. The maximum atomic E-state index is 12.4. The van der Waals surface area contributed by atoms with Crippen LogP contribution in [0.4, 0.5) is 5.82 Å². The van der Waals surface area contributed by atoms with Crippen LogP contribution in [0.25, 0.3) is 0 Å². The molecule has 134 valence electrons. The van der Waals surface area contributed by atoms with Gasteiger partial charge >= 0.3 is 0 Å². The molecule has 0 unspecified atom stereocenters. The van der Waals surface area contributed by atoms with Crippen molar-refractivity contribution in [2.75, 3.05) is 31.5 Å². The van der Waals surface area contributed by atoms with Gasteiger partial charge in [0.2, 0.25) is 5.91 Å². The fourth-order valence-corrected chi connectivity index (χ4v) is 3.87. The Bertz CT molecular complexity index is 606. The van der Waals surface area contributed by atoms with E-state index in [1.807, 2.05) is 18.2 Å². The molecule has 1 atom stereocenters. The number of nitrogens with one attached hydrogen (secondary N) is 2. The first-order valence-corrected chi connectivity index (χ1v) is 9.29. The third kappa shape index (κ3) is 4.93. The van der Waals surface area contributed by atoms with Crippen LogP contribution in [0.5, 0.6) is 0 Å². The number of aromatic nitrogens is 1. The van der Waals surface area contributed by atoms with Crippen LogP contribution < -0.4 is 10.6 Å². The molecule has 1 amide bonds. The van der Waals surface area contributed by atoms with Gasteiger partial charge in [-0.3, -0.25) is 9.69 Å². The first kappa shape index (κ1) is 17.7. The quantitative estimate of drug-likeness (QED) is 0.829. The average molecular weight is 341 g/mol. The molecule has 1 aromatic heterocycles. The molecule has 0 aromatic carbocycles. The van der Waals surface area contributed by atoms with E-state index in [2.05, 4.69) is 26.6 Å². The normalized spacial score (nSPS) is 22.9. The van der Waals surface area contributed by atoms with Gasteiger partial charge in [-0.2, -0.15) is 5.26 Å². The van der Waals surface area contributed by atoms with Crippen LogP contribution in [-0.4, -0.2) is 47.5 Å². The van der Waals surface area contributed by atoms with Gasteiger partial charge in [0.25, 0.3) is 0 Å². The number of rotatable bonds is 6. The number of nitrogens with zero attached hydrogens (tertiary/aromatic N) is 3. The fourth-order valence-electron chi connectivity index (χ4n) is 3.87. The third-order valence-electron chi connectivity index (χ3n) is 5.27. The molecule has 1 saturated heterocycles. The molecule has 3 rings (SSSR count). The summed E-state index contributed by atoms with van der Waals surface area (Å²) >= 11 is 0. The Labute approximate surface area is 149 Å². The molecule has 2 heterocycles. The smallest absolute Gasteiger partial charge is 0.235 e. The predicted molar refractivity (Wildman–Crippen MR) is 96.8 cm³/mol. The van der Waals surface area contributed by atoms with E-state index >= 15 is 0 Å². The van der Waals surface area contributed by atoms with E-state index in [0.29, 0.717) is 12.5 Å². The fraction of sp³-hybridized carbons (Fsp3) is 0.632. The molecule has 0 radical (unpaired) electrons. The Kier molecular flexibility index (Phi) is 5.87. The Hall–Kier alpha value is -2.13. The lowest BCUT2D eigenvalue weighted by molar-refractivity contribution is -0.123. The van der Waals surface area contributed by atoms with E-state index in [0.717, 1.165) is 64.0 Å². The van der Waals surface area contributed by atoms with Crippen LogP contribution in [0.3, 0.4) is 0 Å². The second-order valence-corrected chi connectivity index (χ2v) is 7.29. The zero-order valence-electron chi connectivity index (χ0n) is 14.7. The summed E-state index contributed by atoms with van der Waals surface area (Å²) in [6, 6.07) is 8.19. The van der Waals surface area contributed by atoms with E-state index in [9.17, 15) is 10.1 Å². The maximum absolute atomic E-state index is 12.4. The Morgan fingerprint density at radius 1 is 1.36 bits per heavy atom. The van der Waals surface area contributed by atoms with E-state index in [-0.39, 0.29) is 5.91 Å². The van der Waals surface area contributed by atoms with Gasteiger partial charge in [0.05, 0.1) is 12.6 Å². The van der Waals surface area contributed by atoms with E-state index in [1.165, 1.54) is 0 Å². The van der Waals surface area contributed by atoms with Crippen molar-refractivity contribution in [2.24, 2.45) is 5.92 Å². The van der Waals surface area contributed by atoms with Crippen molar-refractivity contribution < 1.29 is 4.79 Å². The highest BCUT2D eigenvalue weighted by molar-refractivity contribution is 5.79. The van der Waals surface area contributed by atoms with Crippen LogP contribution in [0, 0.1) is 17.2 Å².